The number of nitrogens with zero attached hydrogens (tertiary/aromatic N) is 3. The van der Waals surface area contributed by atoms with E-state index < -0.39 is 23.6 Å². The fraction of sp³-hybridized carbons (Fsp3) is 0.250. The van der Waals surface area contributed by atoms with Gasteiger partial charge in [-0.2, -0.15) is 5.10 Å². The Morgan fingerprint density at radius 1 is 1.33 bits per heavy atom. The van der Waals surface area contributed by atoms with Crippen molar-refractivity contribution >= 4 is 17.1 Å². The molecule has 1 aliphatic rings. The van der Waals surface area contributed by atoms with E-state index in [4.69, 9.17) is 11.6 Å². The lowest BCUT2D eigenvalue weighted by atomic mass is 10.2. The summed E-state index contributed by atoms with van der Waals surface area (Å²) >= 11 is 6.08. The van der Waals surface area contributed by atoms with Crippen LogP contribution >= 0.6 is 11.6 Å². The molecule has 1 saturated heterocycles. The van der Waals surface area contributed by atoms with E-state index in [0.29, 0.717) is 11.5 Å². The second-order valence-corrected chi connectivity index (χ2v) is 6.14. The number of aromatic nitrogens is 3. The number of rotatable bonds is 2. The molecule has 0 spiro atoms. The number of benzene rings is 1. The van der Waals surface area contributed by atoms with Gasteiger partial charge >= 0.3 is 0 Å². The van der Waals surface area contributed by atoms with Gasteiger partial charge in [-0.1, -0.05) is 17.7 Å². The highest BCUT2D eigenvalue weighted by atomic mass is 35.5. The Kier molecular flexibility index (Phi) is 3.62. The fourth-order valence-corrected chi connectivity index (χ4v) is 3.25. The topological polar surface area (TPSA) is 51.3 Å². The molecule has 2 atom stereocenters. The molecule has 124 valence electrons. The van der Waals surface area contributed by atoms with Gasteiger partial charge in [0.1, 0.15) is 17.5 Å². The summed E-state index contributed by atoms with van der Waals surface area (Å²) in [4.78, 5) is 13.0. The lowest BCUT2D eigenvalue weighted by Gasteiger charge is -2.17. The molecule has 3 heterocycles. The molecule has 2 unspecified atom stereocenters. The van der Waals surface area contributed by atoms with Gasteiger partial charge in [-0.15, -0.1) is 0 Å². The fourth-order valence-electron chi connectivity index (χ4n) is 3.03. The molecule has 24 heavy (non-hydrogen) atoms. The van der Waals surface area contributed by atoms with E-state index in [-0.39, 0.29) is 23.5 Å². The van der Waals surface area contributed by atoms with Gasteiger partial charge in [0, 0.05) is 19.2 Å². The maximum absolute atomic E-state index is 13.6. The number of halogens is 3. The Balaban J connectivity index is 2.02. The molecular formula is C16H13ClF2N4O. The van der Waals surface area contributed by atoms with E-state index >= 15 is 0 Å². The Morgan fingerprint density at radius 3 is 2.88 bits per heavy atom. The Labute approximate surface area is 140 Å². The van der Waals surface area contributed by atoms with Crippen LogP contribution in [0.5, 0.6) is 0 Å². The molecule has 4 rings (SSSR count). The normalized spacial score (nSPS) is 20.8. The molecule has 8 heteroatoms. The van der Waals surface area contributed by atoms with E-state index in [9.17, 15) is 13.6 Å². The largest absolute Gasteiger partial charge is 0.304 e. The molecule has 3 aromatic rings. The van der Waals surface area contributed by atoms with Crippen molar-refractivity contribution in [3.8, 4) is 5.69 Å². The van der Waals surface area contributed by atoms with Crippen molar-refractivity contribution in [1.82, 2.24) is 19.5 Å². The first-order chi connectivity index (χ1) is 11.5. The summed E-state index contributed by atoms with van der Waals surface area (Å²) in [7, 11) is 0. The Morgan fingerprint density at radius 2 is 2.17 bits per heavy atom. The molecule has 2 aromatic heterocycles. The van der Waals surface area contributed by atoms with Crippen LogP contribution in [0.3, 0.4) is 0 Å². The first-order valence-electron chi connectivity index (χ1n) is 7.48. The zero-order valence-corrected chi connectivity index (χ0v) is 13.2. The predicted octanol–water partition coefficient (Wildman–Crippen LogP) is 2.65. The van der Waals surface area contributed by atoms with Crippen molar-refractivity contribution in [2.45, 2.75) is 18.6 Å². The molecule has 1 aliphatic heterocycles. The van der Waals surface area contributed by atoms with E-state index in [1.807, 2.05) is 0 Å². The summed E-state index contributed by atoms with van der Waals surface area (Å²) in [5.41, 5.74) is 0.0931. The van der Waals surface area contributed by atoms with E-state index in [1.165, 1.54) is 27.3 Å². The standard InChI is InChI=1S/C16H13ClF2N4O/c17-12-4-5-22-14(12)16(24)23(11-3-1-2-9(18)6-11)15(21-22)13-7-10(19)8-20-13/h1-6,10,13,20H,7-8H2. The number of hydrogen-bond donors (Lipinski definition) is 1. The van der Waals surface area contributed by atoms with Crippen molar-refractivity contribution in [1.29, 1.82) is 0 Å². The van der Waals surface area contributed by atoms with Crippen LogP contribution in [0.1, 0.15) is 18.3 Å². The second-order valence-electron chi connectivity index (χ2n) is 5.73. The smallest absolute Gasteiger partial charge is 0.284 e. The summed E-state index contributed by atoms with van der Waals surface area (Å²) in [6, 6.07) is 6.75. The van der Waals surface area contributed by atoms with Crippen LogP contribution in [0.25, 0.3) is 11.2 Å². The minimum absolute atomic E-state index is 0.189. The number of nitrogens with one attached hydrogen (secondary N) is 1. The molecular weight excluding hydrogens is 338 g/mol. The third-order valence-electron chi connectivity index (χ3n) is 4.12. The van der Waals surface area contributed by atoms with Crippen LogP contribution in [0.15, 0.2) is 41.3 Å². The highest BCUT2D eigenvalue weighted by Gasteiger charge is 2.30. The third-order valence-corrected chi connectivity index (χ3v) is 4.42. The van der Waals surface area contributed by atoms with Gasteiger partial charge < -0.3 is 5.32 Å². The maximum Gasteiger partial charge on any atom is 0.284 e. The predicted molar refractivity (Wildman–Crippen MR) is 86.0 cm³/mol. The molecule has 0 bridgehead atoms. The van der Waals surface area contributed by atoms with Crippen LogP contribution in [-0.2, 0) is 0 Å². The summed E-state index contributed by atoms with van der Waals surface area (Å²) in [5, 5.41) is 7.69. The van der Waals surface area contributed by atoms with E-state index in [2.05, 4.69) is 10.4 Å². The zero-order chi connectivity index (χ0) is 16.8. The average Bonchev–Trinajstić information content (AvgIpc) is 3.13. The molecule has 0 amide bonds. The van der Waals surface area contributed by atoms with Gasteiger partial charge in [0.2, 0.25) is 0 Å². The SMILES string of the molecule is O=c1c2c(Cl)ccn2nc(C2CC(F)CN2)n1-c1cccc(F)c1. The summed E-state index contributed by atoms with van der Waals surface area (Å²) in [5.74, 6) is -0.153. The molecule has 0 radical (unpaired) electrons. The molecule has 1 fully saturated rings. The lowest BCUT2D eigenvalue weighted by Crippen LogP contribution is -2.30. The third kappa shape index (κ3) is 2.40. The minimum Gasteiger partial charge on any atom is -0.304 e. The van der Waals surface area contributed by atoms with Gasteiger partial charge in [0.15, 0.2) is 5.82 Å². The van der Waals surface area contributed by atoms with Crippen LogP contribution in [-0.4, -0.2) is 26.9 Å². The molecule has 1 N–H and O–H groups in total. The number of hydrogen-bond acceptors (Lipinski definition) is 3. The Hall–Kier alpha value is -2.25. The highest BCUT2D eigenvalue weighted by Crippen LogP contribution is 2.26. The van der Waals surface area contributed by atoms with Crippen molar-refractivity contribution in [3.05, 3.63) is 63.5 Å². The van der Waals surface area contributed by atoms with Crippen LogP contribution in [0.4, 0.5) is 8.78 Å². The van der Waals surface area contributed by atoms with Gasteiger partial charge in [0.05, 0.1) is 16.8 Å². The molecule has 5 nitrogen and oxygen atoms in total. The number of alkyl halides is 1. The quantitative estimate of drug-likeness (QED) is 0.773. The van der Waals surface area contributed by atoms with Crippen molar-refractivity contribution in [2.75, 3.05) is 6.54 Å². The van der Waals surface area contributed by atoms with Gasteiger partial charge in [-0.05, 0) is 24.3 Å². The zero-order valence-electron chi connectivity index (χ0n) is 12.4. The van der Waals surface area contributed by atoms with Gasteiger partial charge in [-0.3, -0.25) is 9.36 Å². The highest BCUT2D eigenvalue weighted by molar-refractivity contribution is 6.33. The van der Waals surface area contributed by atoms with E-state index in [0.717, 1.165) is 0 Å². The van der Waals surface area contributed by atoms with Crippen molar-refractivity contribution < 1.29 is 8.78 Å². The van der Waals surface area contributed by atoms with Crippen LogP contribution in [0.2, 0.25) is 5.02 Å². The summed E-state index contributed by atoms with van der Waals surface area (Å²) in [6.07, 6.45) is 0.750. The van der Waals surface area contributed by atoms with Crippen molar-refractivity contribution in [2.24, 2.45) is 0 Å². The first kappa shape index (κ1) is 15.3. The maximum atomic E-state index is 13.6. The molecule has 0 saturated carbocycles. The Bertz CT molecular complexity index is 984. The molecule has 0 aliphatic carbocycles. The van der Waals surface area contributed by atoms with Gasteiger partial charge in [-0.25, -0.2) is 13.3 Å². The summed E-state index contributed by atoms with van der Waals surface area (Å²) < 4.78 is 29.9. The number of fused-ring (bicyclic) bond motifs is 1. The van der Waals surface area contributed by atoms with Crippen molar-refractivity contribution in [3.63, 3.8) is 0 Å². The summed E-state index contributed by atoms with van der Waals surface area (Å²) in [6.45, 7) is 0.189. The lowest BCUT2D eigenvalue weighted by molar-refractivity contribution is 0.354. The van der Waals surface area contributed by atoms with Crippen LogP contribution in [0, 0.1) is 5.82 Å². The average molecular weight is 351 g/mol. The first-order valence-corrected chi connectivity index (χ1v) is 7.85. The molecule has 1 aromatic carbocycles. The minimum atomic E-state index is -1.02. The van der Waals surface area contributed by atoms with E-state index in [1.54, 1.807) is 18.3 Å². The monoisotopic (exact) mass is 350 g/mol. The van der Waals surface area contributed by atoms with Crippen LogP contribution < -0.4 is 10.9 Å². The van der Waals surface area contributed by atoms with Gasteiger partial charge in [0.25, 0.3) is 5.56 Å². The second kappa shape index (κ2) is 5.68.